The second-order valence-electron chi connectivity index (χ2n) is 6.77. The first kappa shape index (κ1) is 19.2. The molecule has 3 N–H and O–H groups in total. The number of primary amides is 1. The zero-order valence-electron chi connectivity index (χ0n) is 14.9. The van der Waals surface area contributed by atoms with Crippen molar-refractivity contribution >= 4 is 23.8 Å². The molecule has 0 radical (unpaired) electrons. The summed E-state index contributed by atoms with van der Waals surface area (Å²) in [5, 5.41) is 2.59. The number of likely N-dealkylation sites (tertiary alicyclic amines) is 2. The standard InChI is InChI=1S/C16H26N4O5/c1-9-7-12(21)20(8-9)16(24)18-13(10(2)25-3)15(23)19-6-4-5-11(19)14(17)22/h9-11,13H,4-8H2,1-3H3,(H2,17,22)(H,18,24)/t9?,10?,11-,13?/m0/s1. The third kappa shape index (κ3) is 4.09. The van der Waals surface area contributed by atoms with Crippen molar-refractivity contribution in [3.05, 3.63) is 0 Å². The second-order valence-corrected chi connectivity index (χ2v) is 6.77. The highest BCUT2D eigenvalue weighted by atomic mass is 16.5. The Hall–Kier alpha value is -2.16. The van der Waals surface area contributed by atoms with Gasteiger partial charge in [-0.05, 0) is 25.7 Å². The summed E-state index contributed by atoms with van der Waals surface area (Å²) in [6, 6.07) is -2.29. The average molecular weight is 354 g/mol. The first-order valence-corrected chi connectivity index (χ1v) is 8.49. The summed E-state index contributed by atoms with van der Waals surface area (Å²) in [4.78, 5) is 51.3. The van der Waals surface area contributed by atoms with Gasteiger partial charge in [0.05, 0.1) is 6.10 Å². The third-order valence-corrected chi connectivity index (χ3v) is 4.81. The summed E-state index contributed by atoms with van der Waals surface area (Å²) in [6.45, 7) is 4.25. The van der Waals surface area contributed by atoms with Gasteiger partial charge in [-0.2, -0.15) is 0 Å². The van der Waals surface area contributed by atoms with E-state index >= 15 is 0 Å². The van der Waals surface area contributed by atoms with Crippen molar-refractivity contribution in [1.29, 1.82) is 0 Å². The molecule has 2 rings (SSSR count). The number of carbonyl (C=O) groups excluding carboxylic acids is 4. The molecule has 3 unspecified atom stereocenters. The molecule has 2 heterocycles. The molecule has 0 bridgehead atoms. The van der Waals surface area contributed by atoms with E-state index in [2.05, 4.69) is 5.32 Å². The summed E-state index contributed by atoms with van der Waals surface area (Å²) >= 11 is 0. The van der Waals surface area contributed by atoms with Crippen LogP contribution in [0.25, 0.3) is 0 Å². The van der Waals surface area contributed by atoms with E-state index in [1.807, 2.05) is 6.92 Å². The van der Waals surface area contributed by atoms with Gasteiger partial charge < -0.3 is 20.7 Å². The molecule has 140 valence electrons. The van der Waals surface area contributed by atoms with Gasteiger partial charge in [0.15, 0.2) is 0 Å². The largest absolute Gasteiger partial charge is 0.379 e. The molecular weight excluding hydrogens is 328 g/mol. The van der Waals surface area contributed by atoms with Crippen molar-refractivity contribution in [2.75, 3.05) is 20.2 Å². The number of nitrogens with one attached hydrogen (secondary N) is 1. The van der Waals surface area contributed by atoms with Crippen LogP contribution >= 0.6 is 0 Å². The van der Waals surface area contributed by atoms with Gasteiger partial charge in [0.1, 0.15) is 12.1 Å². The number of nitrogens with zero attached hydrogens (tertiary/aromatic N) is 2. The Bertz CT molecular complexity index is 567. The minimum Gasteiger partial charge on any atom is -0.379 e. The number of nitrogens with two attached hydrogens (primary N) is 1. The van der Waals surface area contributed by atoms with Crippen LogP contribution in [0.1, 0.15) is 33.1 Å². The molecule has 0 aromatic carbocycles. The predicted molar refractivity (Wildman–Crippen MR) is 88.2 cm³/mol. The van der Waals surface area contributed by atoms with Crippen LogP contribution < -0.4 is 11.1 Å². The lowest BCUT2D eigenvalue weighted by Crippen LogP contribution is -2.59. The number of urea groups is 1. The number of rotatable bonds is 5. The summed E-state index contributed by atoms with van der Waals surface area (Å²) < 4.78 is 5.22. The maximum Gasteiger partial charge on any atom is 0.324 e. The van der Waals surface area contributed by atoms with Crippen LogP contribution in [-0.2, 0) is 19.1 Å². The number of hydrogen-bond acceptors (Lipinski definition) is 5. The SMILES string of the molecule is COC(C)C(NC(=O)N1CC(C)CC1=O)C(=O)N1CCC[C@H]1C(N)=O. The lowest BCUT2D eigenvalue weighted by atomic mass is 10.1. The Morgan fingerprint density at radius 1 is 1.36 bits per heavy atom. The fourth-order valence-electron chi connectivity index (χ4n) is 3.31. The van der Waals surface area contributed by atoms with Crippen molar-refractivity contribution in [3.63, 3.8) is 0 Å². The number of hydrogen-bond donors (Lipinski definition) is 2. The summed E-state index contributed by atoms with van der Waals surface area (Å²) in [5.74, 6) is -1.17. The first-order valence-electron chi connectivity index (χ1n) is 8.49. The van der Waals surface area contributed by atoms with E-state index in [1.54, 1.807) is 6.92 Å². The molecule has 0 saturated carbocycles. The molecule has 9 heteroatoms. The topological polar surface area (TPSA) is 122 Å². The fourth-order valence-corrected chi connectivity index (χ4v) is 3.31. The Morgan fingerprint density at radius 2 is 2.04 bits per heavy atom. The molecule has 0 spiro atoms. The Balaban J connectivity index is 2.13. The minimum absolute atomic E-state index is 0.0880. The zero-order chi connectivity index (χ0) is 18.7. The normalized spacial score (nSPS) is 25.8. The zero-order valence-corrected chi connectivity index (χ0v) is 14.9. The molecule has 25 heavy (non-hydrogen) atoms. The monoisotopic (exact) mass is 354 g/mol. The molecule has 9 nitrogen and oxygen atoms in total. The van der Waals surface area contributed by atoms with Crippen LogP contribution in [0.3, 0.4) is 0 Å². The van der Waals surface area contributed by atoms with Crippen molar-refractivity contribution in [2.24, 2.45) is 11.7 Å². The van der Waals surface area contributed by atoms with Gasteiger partial charge in [-0.25, -0.2) is 4.79 Å². The van der Waals surface area contributed by atoms with Crippen LogP contribution in [-0.4, -0.2) is 71.9 Å². The van der Waals surface area contributed by atoms with Crippen LogP contribution in [0.2, 0.25) is 0 Å². The highest BCUT2D eigenvalue weighted by Gasteiger charge is 2.40. The molecule has 5 amide bonds. The number of carbonyl (C=O) groups is 4. The minimum atomic E-state index is -0.999. The highest BCUT2D eigenvalue weighted by Crippen LogP contribution is 2.20. The van der Waals surface area contributed by atoms with Crippen molar-refractivity contribution in [2.45, 2.75) is 51.3 Å². The lowest BCUT2D eigenvalue weighted by Gasteiger charge is -2.31. The third-order valence-electron chi connectivity index (χ3n) is 4.81. The van der Waals surface area contributed by atoms with Gasteiger partial charge in [-0.3, -0.25) is 19.3 Å². The molecule has 2 saturated heterocycles. The molecule has 2 aliphatic heterocycles. The maximum absolute atomic E-state index is 12.9. The lowest BCUT2D eigenvalue weighted by molar-refractivity contribution is -0.141. The molecule has 0 aromatic rings. The molecule has 2 fully saturated rings. The van der Waals surface area contributed by atoms with Crippen molar-refractivity contribution in [1.82, 2.24) is 15.1 Å². The van der Waals surface area contributed by atoms with Gasteiger partial charge in [-0.15, -0.1) is 0 Å². The molecule has 4 atom stereocenters. The Morgan fingerprint density at radius 3 is 2.56 bits per heavy atom. The molecule has 0 aromatic heterocycles. The van der Waals surface area contributed by atoms with E-state index in [-0.39, 0.29) is 11.8 Å². The number of amides is 5. The number of ether oxygens (including phenoxy) is 1. The van der Waals surface area contributed by atoms with Crippen molar-refractivity contribution in [3.8, 4) is 0 Å². The van der Waals surface area contributed by atoms with Crippen LogP contribution in [0.5, 0.6) is 0 Å². The van der Waals surface area contributed by atoms with E-state index in [1.165, 1.54) is 12.0 Å². The number of imide groups is 1. The highest BCUT2D eigenvalue weighted by molar-refractivity contribution is 5.98. The maximum atomic E-state index is 12.9. The summed E-state index contributed by atoms with van der Waals surface area (Å²) in [7, 11) is 1.43. The van der Waals surface area contributed by atoms with Gasteiger partial charge >= 0.3 is 6.03 Å². The van der Waals surface area contributed by atoms with E-state index in [0.717, 1.165) is 4.90 Å². The first-order chi connectivity index (χ1) is 11.8. The smallest absolute Gasteiger partial charge is 0.324 e. The average Bonchev–Trinajstić information content (AvgIpc) is 3.17. The Labute approximate surface area is 146 Å². The van der Waals surface area contributed by atoms with E-state index in [9.17, 15) is 19.2 Å². The molecule has 2 aliphatic rings. The van der Waals surface area contributed by atoms with E-state index < -0.39 is 36.0 Å². The van der Waals surface area contributed by atoms with Gasteiger partial charge in [0.2, 0.25) is 17.7 Å². The van der Waals surface area contributed by atoms with E-state index in [0.29, 0.717) is 32.4 Å². The van der Waals surface area contributed by atoms with Crippen LogP contribution in [0.4, 0.5) is 4.79 Å². The van der Waals surface area contributed by atoms with Crippen LogP contribution in [0.15, 0.2) is 0 Å². The summed E-state index contributed by atoms with van der Waals surface area (Å²) in [5.41, 5.74) is 5.36. The second kappa shape index (κ2) is 7.81. The number of methoxy groups -OCH3 is 1. The quantitative estimate of drug-likeness (QED) is 0.685. The fraction of sp³-hybridized carbons (Fsp3) is 0.750. The van der Waals surface area contributed by atoms with Gasteiger partial charge in [0, 0.05) is 26.6 Å². The molecular formula is C16H26N4O5. The summed E-state index contributed by atoms with van der Waals surface area (Å²) in [6.07, 6.45) is 0.858. The van der Waals surface area contributed by atoms with Crippen LogP contribution in [0, 0.1) is 5.92 Å². The Kier molecular flexibility index (Phi) is 5.99. The van der Waals surface area contributed by atoms with Gasteiger partial charge in [0.25, 0.3) is 0 Å². The van der Waals surface area contributed by atoms with Gasteiger partial charge in [-0.1, -0.05) is 6.92 Å². The van der Waals surface area contributed by atoms with Crippen molar-refractivity contribution < 1.29 is 23.9 Å². The molecule has 0 aliphatic carbocycles. The van der Waals surface area contributed by atoms with E-state index in [4.69, 9.17) is 10.5 Å². The predicted octanol–water partition coefficient (Wildman–Crippen LogP) is -0.556.